The van der Waals surface area contributed by atoms with Crippen molar-refractivity contribution in [3.8, 4) is 0 Å². The van der Waals surface area contributed by atoms with Gasteiger partial charge < -0.3 is 5.11 Å². The van der Waals surface area contributed by atoms with Crippen LogP contribution in [0.3, 0.4) is 0 Å². The van der Waals surface area contributed by atoms with Gasteiger partial charge >= 0.3 is 0 Å². The second-order valence-electron chi connectivity index (χ2n) is 7.75. The Morgan fingerprint density at radius 3 is 1.57 bits per heavy atom. The summed E-state index contributed by atoms with van der Waals surface area (Å²) < 4.78 is 0. The van der Waals surface area contributed by atoms with E-state index in [2.05, 4.69) is 12.7 Å². The highest BCUT2D eigenvalue weighted by atomic mass is 16.3. The van der Waals surface area contributed by atoms with Gasteiger partial charge in [0.2, 0.25) is 0 Å². The summed E-state index contributed by atoms with van der Waals surface area (Å²) in [4.78, 5) is 0. The van der Waals surface area contributed by atoms with Crippen LogP contribution in [0.1, 0.15) is 83.5 Å². The molecule has 21 heavy (non-hydrogen) atoms. The van der Waals surface area contributed by atoms with Crippen molar-refractivity contribution in [1.82, 2.24) is 0 Å². The number of aliphatic hydroxyl groups is 1. The maximum Gasteiger partial charge on any atom is 0.0459 e. The Bertz CT molecular complexity index is 270. The Labute approximate surface area is 132 Å². The minimum atomic E-state index is 0.419. The zero-order valence-electron chi connectivity index (χ0n) is 13.9. The first-order valence-corrected chi connectivity index (χ1v) is 9.53. The van der Waals surface area contributed by atoms with E-state index in [-0.39, 0.29) is 0 Å². The lowest BCUT2D eigenvalue weighted by atomic mass is 9.75. The molecule has 1 heteroatoms. The highest BCUT2D eigenvalue weighted by Gasteiger charge is 2.24. The summed E-state index contributed by atoms with van der Waals surface area (Å²) in [6.45, 7) is 4.24. The van der Waals surface area contributed by atoms with Gasteiger partial charge in [-0.05, 0) is 49.4 Å². The van der Waals surface area contributed by atoms with Crippen LogP contribution in [0.2, 0.25) is 0 Å². The van der Waals surface area contributed by atoms with Gasteiger partial charge in [-0.3, -0.25) is 0 Å². The smallest absolute Gasteiger partial charge is 0.0459 e. The Hall–Kier alpha value is -0.300. The molecule has 0 atom stereocenters. The fraction of sp³-hybridized carbons (Fsp3) is 0.900. The molecule has 0 aromatic rings. The van der Waals surface area contributed by atoms with Crippen LogP contribution >= 0.6 is 0 Å². The molecule has 0 aromatic heterocycles. The molecule has 1 N–H and O–H groups in total. The van der Waals surface area contributed by atoms with E-state index in [4.69, 9.17) is 0 Å². The summed E-state index contributed by atoms with van der Waals surface area (Å²) in [6.07, 6.45) is 20.3. The van der Waals surface area contributed by atoms with Gasteiger partial charge in [-0.1, -0.05) is 63.9 Å². The van der Waals surface area contributed by atoms with Crippen LogP contribution in [0.4, 0.5) is 0 Å². The second kappa shape index (κ2) is 9.66. The molecule has 0 radical (unpaired) electrons. The molecule has 2 saturated carbocycles. The van der Waals surface area contributed by atoms with Crippen molar-refractivity contribution in [2.45, 2.75) is 83.5 Å². The molecule has 2 aliphatic rings. The van der Waals surface area contributed by atoms with Crippen molar-refractivity contribution in [3.05, 3.63) is 12.7 Å². The molecular weight excluding hydrogens is 256 g/mol. The van der Waals surface area contributed by atoms with Crippen molar-refractivity contribution in [2.75, 3.05) is 6.61 Å². The highest BCUT2D eigenvalue weighted by Crippen LogP contribution is 2.37. The van der Waals surface area contributed by atoms with Crippen LogP contribution in [-0.2, 0) is 0 Å². The molecule has 122 valence electrons. The monoisotopic (exact) mass is 292 g/mol. The average Bonchev–Trinajstić information content (AvgIpc) is 2.55. The van der Waals surface area contributed by atoms with E-state index in [1.54, 1.807) is 0 Å². The lowest BCUT2D eigenvalue weighted by Gasteiger charge is -2.31. The van der Waals surface area contributed by atoms with Crippen molar-refractivity contribution < 1.29 is 5.11 Å². The largest absolute Gasteiger partial charge is 0.396 e. The SMILES string of the molecule is C=CCCC[C@H]1CC[C@H](CC[C@H]2CC[C@H](CO)CC2)CC1. The van der Waals surface area contributed by atoms with Crippen LogP contribution in [0, 0.1) is 23.7 Å². The van der Waals surface area contributed by atoms with E-state index in [9.17, 15) is 5.11 Å². The lowest BCUT2D eigenvalue weighted by Crippen LogP contribution is -2.19. The molecule has 2 aliphatic carbocycles. The predicted octanol–water partition coefficient (Wildman–Crippen LogP) is 5.73. The quantitative estimate of drug-likeness (QED) is 0.447. The van der Waals surface area contributed by atoms with E-state index in [0.717, 1.165) is 17.8 Å². The van der Waals surface area contributed by atoms with Crippen LogP contribution < -0.4 is 0 Å². The number of hydrogen-bond acceptors (Lipinski definition) is 1. The third-order valence-corrected chi connectivity index (χ3v) is 6.19. The summed E-state index contributed by atoms with van der Waals surface area (Å²) in [5.41, 5.74) is 0. The Morgan fingerprint density at radius 2 is 1.14 bits per heavy atom. The van der Waals surface area contributed by atoms with Gasteiger partial charge in [0.25, 0.3) is 0 Å². The molecule has 0 unspecified atom stereocenters. The fourth-order valence-electron chi connectivity index (χ4n) is 4.53. The zero-order valence-corrected chi connectivity index (χ0v) is 13.9. The Morgan fingerprint density at radius 1 is 0.714 bits per heavy atom. The third kappa shape index (κ3) is 6.14. The first kappa shape index (κ1) is 17.1. The van der Waals surface area contributed by atoms with E-state index >= 15 is 0 Å². The number of rotatable bonds is 8. The van der Waals surface area contributed by atoms with Crippen LogP contribution in [-0.4, -0.2) is 11.7 Å². The molecule has 0 saturated heterocycles. The van der Waals surface area contributed by atoms with Gasteiger partial charge in [-0.25, -0.2) is 0 Å². The molecule has 0 aliphatic heterocycles. The molecule has 2 rings (SSSR count). The second-order valence-corrected chi connectivity index (χ2v) is 7.75. The first-order valence-electron chi connectivity index (χ1n) is 9.53. The molecular formula is C20H36O. The molecule has 2 fully saturated rings. The van der Waals surface area contributed by atoms with E-state index in [0.29, 0.717) is 12.5 Å². The highest BCUT2D eigenvalue weighted by molar-refractivity contribution is 4.77. The summed E-state index contributed by atoms with van der Waals surface area (Å²) in [6, 6.07) is 0. The summed E-state index contributed by atoms with van der Waals surface area (Å²) in [5.74, 6) is 3.63. The van der Waals surface area contributed by atoms with Gasteiger partial charge in [0.05, 0.1) is 0 Å². The van der Waals surface area contributed by atoms with Crippen molar-refractivity contribution in [3.63, 3.8) is 0 Å². The van der Waals surface area contributed by atoms with E-state index in [1.807, 2.05) is 0 Å². The van der Waals surface area contributed by atoms with Crippen molar-refractivity contribution in [2.24, 2.45) is 23.7 Å². The maximum absolute atomic E-state index is 9.21. The van der Waals surface area contributed by atoms with Crippen LogP contribution in [0.15, 0.2) is 12.7 Å². The van der Waals surface area contributed by atoms with Crippen LogP contribution in [0.25, 0.3) is 0 Å². The lowest BCUT2D eigenvalue weighted by molar-refractivity contribution is 0.157. The summed E-state index contributed by atoms with van der Waals surface area (Å²) in [7, 11) is 0. The minimum Gasteiger partial charge on any atom is -0.396 e. The molecule has 1 nitrogen and oxygen atoms in total. The van der Waals surface area contributed by atoms with Gasteiger partial charge in [-0.15, -0.1) is 6.58 Å². The number of hydrogen-bond donors (Lipinski definition) is 1. The normalized spacial score (nSPS) is 33.8. The molecule has 0 aromatic carbocycles. The van der Waals surface area contributed by atoms with Gasteiger partial charge in [-0.2, -0.15) is 0 Å². The third-order valence-electron chi connectivity index (χ3n) is 6.19. The number of aliphatic hydroxyl groups excluding tert-OH is 1. The van der Waals surface area contributed by atoms with Crippen LogP contribution in [0.5, 0.6) is 0 Å². The number of allylic oxidation sites excluding steroid dienone is 1. The zero-order chi connectivity index (χ0) is 14.9. The minimum absolute atomic E-state index is 0.419. The Kier molecular flexibility index (Phi) is 7.85. The van der Waals surface area contributed by atoms with Gasteiger partial charge in [0.15, 0.2) is 0 Å². The average molecular weight is 293 g/mol. The molecule has 0 spiro atoms. The van der Waals surface area contributed by atoms with Gasteiger partial charge in [0.1, 0.15) is 0 Å². The fourth-order valence-corrected chi connectivity index (χ4v) is 4.53. The molecule has 0 heterocycles. The van der Waals surface area contributed by atoms with Crippen molar-refractivity contribution in [1.29, 1.82) is 0 Å². The summed E-state index contributed by atoms with van der Waals surface area (Å²) in [5, 5.41) is 9.21. The number of unbranched alkanes of at least 4 members (excludes halogenated alkanes) is 1. The van der Waals surface area contributed by atoms with E-state index in [1.165, 1.54) is 83.5 Å². The van der Waals surface area contributed by atoms with Crippen molar-refractivity contribution >= 4 is 0 Å². The summed E-state index contributed by atoms with van der Waals surface area (Å²) >= 11 is 0. The maximum atomic E-state index is 9.21. The first-order chi connectivity index (χ1) is 10.3. The molecule has 0 bridgehead atoms. The standard InChI is InChI=1S/C20H36O/c1-2-3-4-5-17-6-8-18(9-7-17)10-11-19-12-14-20(16-21)15-13-19/h2,17-21H,1,3-16H2/t17-,18-,19-,20-. The van der Waals surface area contributed by atoms with E-state index < -0.39 is 0 Å². The predicted molar refractivity (Wildman–Crippen MR) is 91.3 cm³/mol. The van der Waals surface area contributed by atoms with Gasteiger partial charge in [0, 0.05) is 6.61 Å². The topological polar surface area (TPSA) is 20.2 Å². The Balaban J connectivity index is 1.54. The molecule has 0 amide bonds.